The van der Waals surface area contributed by atoms with Crippen LogP contribution in [-0.2, 0) is 6.42 Å². The molecule has 0 unspecified atom stereocenters. The lowest BCUT2D eigenvalue weighted by atomic mass is 10.3. The second kappa shape index (κ2) is 6.98. The molecule has 0 bridgehead atoms. The zero-order valence-electron chi connectivity index (χ0n) is 8.78. The molecule has 0 aliphatic carbocycles. The van der Waals surface area contributed by atoms with Gasteiger partial charge in [0.2, 0.25) is 0 Å². The Kier molecular flexibility index (Phi) is 5.83. The quantitative estimate of drug-likeness (QED) is 0.749. The molecule has 0 spiro atoms. The maximum absolute atomic E-state index is 8.74. The number of aliphatic hydroxyl groups excluding tert-OH is 1. The van der Waals surface area contributed by atoms with E-state index in [0.29, 0.717) is 6.61 Å². The Morgan fingerprint density at radius 2 is 2.29 bits per heavy atom. The van der Waals surface area contributed by atoms with Crippen LogP contribution in [-0.4, -0.2) is 36.2 Å². The monoisotopic (exact) mass is 213 g/mol. The summed E-state index contributed by atoms with van der Waals surface area (Å²) in [6.45, 7) is 5.67. The van der Waals surface area contributed by atoms with Crippen LogP contribution >= 0.6 is 11.3 Å². The Hall–Kier alpha value is -0.380. The summed E-state index contributed by atoms with van der Waals surface area (Å²) in [6.07, 6.45) is 2.02. The molecular weight excluding hydrogens is 194 g/mol. The number of likely N-dealkylation sites (N-methyl/N-ethyl adjacent to an activating group) is 1. The van der Waals surface area contributed by atoms with Crippen LogP contribution in [0.1, 0.15) is 18.2 Å². The van der Waals surface area contributed by atoms with Crippen LogP contribution in [0.4, 0.5) is 0 Å². The van der Waals surface area contributed by atoms with Crippen LogP contribution in [0.15, 0.2) is 17.5 Å². The highest BCUT2D eigenvalue weighted by molar-refractivity contribution is 7.09. The fourth-order valence-corrected chi connectivity index (χ4v) is 2.14. The third-order valence-corrected chi connectivity index (χ3v) is 3.27. The van der Waals surface area contributed by atoms with Gasteiger partial charge in [-0.3, -0.25) is 0 Å². The SMILES string of the molecule is CCN(CCCO)CCc1cccs1. The molecule has 0 amide bonds. The number of aliphatic hydroxyl groups is 1. The third kappa shape index (κ3) is 4.22. The topological polar surface area (TPSA) is 23.5 Å². The van der Waals surface area contributed by atoms with Gasteiger partial charge in [0.05, 0.1) is 0 Å². The molecule has 0 aliphatic heterocycles. The molecular formula is C11H19NOS. The standard InChI is InChI=1S/C11H19NOS/c1-2-12(7-4-9-13)8-6-11-5-3-10-14-11/h3,5,10,13H,2,4,6-9H2,1H3. The summed E-state index contributed by atoms with van der Waals surface area (Å²) < 4.78 is 0. The highest BCUT2D eigenvalue weighted by Crippen LogP contribution is 2.09. The molecule has 0 saturated heterocycles. The van der Waals surface area contributed by atoms with Crippen molar-refractivity contribution in [2.24, 2.45) is 0 Å². The fraction of sp³-hybridized carbons (Fsp3) is 0.636. The number of hydrogen-bond donors (Lipinski definition) is 1. The van der Waals surface area contributed by atoms with Gasteiger partial charge in [-0.1, -0.05) is 13.0 Å². The predicted octanol–water partition coefficient (Wildman–Crippen LogP) is 1.99. The first-order valence-corrected chi connectivity index (χ1v) is 6.10. The maximum atomic E-state index is 8.74. The molecule has 2 nitrogen and oxygen atoms in total. The van der Waals surface area contributed by atoms with E-state index in [4.69, 9.17) is 5.11 Å². The van der Waals surface area contributed by atoms with Gasteiger partial charge in [0.15, 0.2) is 0 Å². The van der Waals surface area contributed by atoms with E-state index in [1.807, 2.05) is 11.3 Å². The van der Waals surface area contributed by atoms with E-state index in [9.17, 15) is 0 Å². The first-order valence-electron chi connectivity index (χ1n) is 5.22. The Morgan fingerprint density at radius 1 is 1.43 bits per heavy atom. The second-order valence-corrected chi connectivity index (χ2v) is 4.37. The second-order valence-electron chi connectivity index (χ2n) is 3.34. The van der Waals surface area contributed by atoms with Gasteiger partial charge >= 0.3 is 0 Å². The van der Waals surface area contributed by atoms with Crippen LogP contribution in [0, 0.1) is 0 Å². The summed E-state index contributed by atoms with van der Waals surface area (Å²) in [5.74, 6) is 0. The molecule has 0 aliphatic rings. The highest BCUT2D eigenvalue weighted by Gasteiger charge is 2.02. The van der Waals surface area contributed by atoms with Gasteiger partial charge in [0.25, 0.3) is 0 Å². The molecule has 0 atom stereocenters. The predicted molar refractivity (Wildman–Crippen MR) is 61.8 cm³/mol. The molecule has 3 heteroatoms. The highest BCUT2D eigenvalue weighted by atomic mass is 32.1. The van der Waals surface area contributed by atoms with E-state index >= 15 is 0 Å². The number of nitrogens with zero attached hydrogens (tertiary/aromatic N) is 1. The lowest BCUT2D eigenvalue weighted by Crippen LogP contribution is -2.27. The number of thiophene rings is 1. The average molecular weight is 213 g/mol. The summed E-state index contributed by atoms with van der Waals surface area (Å²) in [5, 5.41) is 10.9. The summed E-state index contributed by atoms with van der Waals surface area (Å²) in [7, 11) is 0. The van der Waals surface area contributed by atoms with Crippen molar-refractivity contribution in [3.63, 3.8) is 0 Å². The molecule has 0 radical (unpaired) electrons. The molecule has 1 heterocycles. The van der Waals surface area contributed by atoms with Crippen molar-refractivity contribution >= 4 is 11.3 Å². The molecule has 1 aromatic rings. The summed E-state index contributed by atoms with van der Waals surface area (Å²) >= 11 is 1.82. The Balaban J connectivity index is 2.20. The van der Waals surface area contributed by atoms with Crippen molar-refractivity contribution in [1.29, 1.82) is 0 Å². The van der Waals surface area contributed by atoms with Gasteiger partial charge in [-0.25, -0.2) is 0 Å². The molecule has 1 N–H and O–H groups in total. The van der Waals surface area contributed by atoms with Crippen LogP contribution in [0.5, 0.6) is 0 Å². The summed E-state index contributed by atoms with van der Waals surface area (Å²) in [6, 6.07) is 4.29. The van der Waals surface area contributed by atoms with E-state index in [1.165, 1.54) is 4.88 Å². The first-order chi connectivity index (χ1) is 6.86. The van der Waals surface area contributed by atoms with Gasteiger partial charge in [-0.05, 0) is 30.8 Å². The van der Waals surface area contributed by atoms with Gasteiger partial charge in [0, 0.05) is 24.6 Å². The lowest BCUT2D eigenvalue weighted by Gasteiger charge is -2.19. The minimum absolute atomic E-state index is 0.301. The fourth-order valence-electron chi connectivity index (χ4n) is 1.45. The van der Waals surface area contributed by atoms with Crippen LogP contribution in [0.25, 0.3) is 0 Å². The van der Waals surface area contributed by atoms with Gasteiger partial charge in [0.1, 0.15) is 0 Å². The molecule has 1 rings (SSSR count). The van der Waals surface area contributed by atoms with Crippen molar-refractivity contribution < 1.29 is 5.11 Å². The lowest BCUT2D eigenvalue weighted by molar-refractivity contribution is 0.232. The van der Waals surface area contributed by atoms with E-state index in [-0.39, 0.29) is 0 Å². The van der Waals surface area contributed by atoms with Crippen molar-refractivity contribution in [1.82, 2.24) is 4.90 Å². The van der Waals surface area contributed by atoms with E-state index in [2.05, 4.69) is 29.3 Å². The van der Waals surface area contributed by atoms with Crippen molar-refractivity contribution in [3.05, 3.63) is 22.4 Å². The van der Waals surface area contributed by atoms with Crippen molar-refractivity contribution in [2.45, 2.75) is 19.8 Å². The Labute approximate surface area is 90.2 Å². The maximum Gasteiger partial charge on any atom is 0.0443 e. The van der Waals surface area contributed by atoms with Crippen LogP contribution < -0.4 is 0 Å². The average Bonchev–Trinajstić information content (AvgIpc) is 2.71. The van der Waals surface area contributed by atoms with E-state index in [1.54, 1.807) is 0 Å². The van der Waals surface area contributed by atoms with E-state index < -0.39 is 0 Å². The van der Waals surface area contributed by atoms with E-state index in [0.717, 1.165) is 32.5 Å². The number of rotatable bonds is 7. The molecule has 0 fully saturated rings. The van der Waals surface area contributed by atoms with Crippen molar-refractivity contribution in [3.8, 4) is 0 Å². The summed E-state index contributed by atoms with van der Waals surface area (Å²) in [4.78, 5) is 3.84. The molecule has 1 aromatic heterocycles. The zero-order valence-corrected chi connectivity index (χ0v) is 9.59. The molecule has 0 saturated carbocycles. The minimum atomic E-state index is 0.301. The van der Waals surface area contributed by atoms with Gasteiger partial charge < -0.3 is 10.0 Å². The molecule has 80 valence electrons. The largest absolute Gasteiger partial charge is 0.396 e. The zero-order chi connectivity index (χ0) is 10.2. The Morgan fingerprint density at radius 3 is 2.86 bits per heavy atom. The van der Waals surface area contributed by atoms with Crippen molar-refractivity contribution in [2.75, 3.05) is 26.2 Å². The molecule has 0 aromatic carbocycles. The number of hydrogen-bond acceptors (Lipinski definition) is 3. The minimum Gasteiger partial charge on any atom is -0.396 e. The third-order valence-electron chi connectivity index (χ3n) is 2.33. The first kappa shape index (κ1) is 11.7. The van der Waals surface area contributed by atoms with Crippen LogP contribution in [0.3, 0.4) is 0 Å². The normalized spacial score (nSPS) is 11.1. The van der Waals surface area contributed by atoms with Crippen LogP contribution in [0.2, 0.25) is 0 Å². The molecule has 14 heavy (non-hydrogen) atoms. The Bertz CT molecular complexity index is 223. The van der Waals surface area contributed by atoms with Gasteiger partial charge in [-0.15, -0.1) is 11.3 Å². The summed E-state index contributed by atoms with van der Waals surface area (Å²) in [5.41, 5.74) is 0. The van der Waals surface area contributed by atoms with Gasteiger partial charge in [-0.2, -0.15) is 0 Å². The smallest absolute Gasteiger partial charge is 0.0443 e.